The molecule has 30 heavy (non-hydrogen) atoms. The lowest BCUT2D eigenvalue weighted by Gasteiger charge is -2.39. The third-order valence-electron chi connectivity index (χ3n) is 5.90. The monoisotopic (exact) mass is 447 g/mol. The van der Waals surface area contributed by atoms with Crippen LogP contribution in [-0.4, -0.2) is 62.8 Å². The van der Waals surface area contributed by atoms with Crippen LogP contribution in [0.15, 0.2) is 59.5 Å². The van der Waals surface area contributed by atoms with E-state index in [1.165, 1.54) is 4.31 Å². The summed E-state index contributed by atoms with van der Waals surface area (Å²) in [6, 6.07) is 16.2. The fourth-order valence-electron chi connectivity index (χ4n) is 4.24. The molecular weight excluding hydrogens is 422 g/mol. The maximum Gasteiger partial charge on any atom is 0.243 e. The Hall–Kier alpha value is -2.09. The summed E-state index contributed by atoms with van der Waals surface area (Å²) < 4.78 is 27.4. The molecule has 0 spiro atoms. The van der Waals surface area contributed by atoms with E-state index in [0.717, 1.165) is 12.1 Å². The molecule has 1 unspecified atom stereocenters. The molecule has 2 aromatic carbocycles. The summed E-state index contributed by atoms with van der Waals surface area (Å²) in [6.07, 6.45) is 1.42. The number of rotatable bonds is 4. The molecule has 2 fully saturated rings. The second-order valence-corrected chi connectivity index (χ2v) is 10.1. The van der Waals surface area contributed by atoms with Crippen molar-refractivity contribution in [1.82, 2.24) is 9.21 Å². The SMILES string of the molecule is O=C(C1CCCN(S(=O)(=O)c2ccccc2)C1)N1CCN(c2ccccc2Cl)CC1. The van der Waals surface area contributed by atoms with Gasteiger partial charge in [0.15, 0.2) is 0 Å². The van der Waals surface area contributed by atoms with Crippen LogP contribution in [0.5, 0.6) is 0 Å². The molecule has 2 aromatic rings. The molecule has 0 bridgehead atoms. The lowest BCUT2D eigenvalue weighted by molar-refractivity contribution is -0.137. The first-order chi connectivity index (χ1) is 14.5. The van der Waals surface area contributed by atoms with Gasteiger partial charge in [0.05, 0.1) is 21.5 Å². The smallest absolute Gasteiger partial charge is 0.243 e. The Morgan fingerprint density at radius 1 is 0.900 bits per heavy atom. The first-order valence-electron chi connectivity index (χ1n) is 10.3. The van der Waals surface area contributed by atoms with Crippen molar-refractivity contribution < 1.29 is 13.2 Å². The molecule has 160 valence electrons. The number of hydrogen-bond donors (Lipinski definition) is 0. The van der Waals surface area contributed by atoms with E-state index in [2.05, 4.69) is 4.90 Å². The predicted octanol–water partition coefficient (Wildman–Crippen LogP) is 3.09. The third-order valence-corrected chi connectivity index (χ3v) is 8.10. The molecule has 2 heterocycles. The Morgan fingerprint density at radius 2 is 1.57 bits per heavy atom. The standard InChI is InChI=1S/C22H26ClN3O3S/c23-20-10-4-5-11-21(20)24-13-15-25(16-14-24)22(27)18-7-6-12-26(17-18)30(28,29)19-8-2-1-3-9-19/h1-5,8-11,18H,6-7,12-17H2. The number of para-hydroxylation sites is 1. The fraction of sp³-hybridized carbons (Fsp3) is 0.409. The van der Waals surface area contributed by atoms with Gasteiger partial charge >= 0.3 is 0 Å². The van der Waals surface area contributed by atoms with E-state index in [1.807, 2.05) is 29.2 Å². The van der Waals surface area contributed by atoms with Gasteiger partial charge in [-0.05, 0) is 37.1 Å². The minimum atomic E-state index is -3.57. The number of carbonyl (C=O) groups is 1. The Balaban J connectivity index is 1.39. The van der Waals surface area contributed by atoms with Crippen molar-refractivity contribution in [3.05, 3.63) is 59.6 Å². The van der Waals surface area contributed by atoms with Crippen LogP contribution in [0.25, 0.3) is 0 Å². The summed E-state index contributed by atoms with van der Waals surface area (Å²) in [4.78, 5) is 17.5. The molecule has 0 N–H and O–H groups in total. The van der Waals surface area contributed by atoms with Gasteiger partial charge in [0.1, 0.15) is 0 Å². The van der Waals surface area contributed by atoms with E-state index >= 15 is 0 Å². The first-order valence-corrected chi connectivity index (χ1v) is 12.1. The van der Waals surface area contributed by atoms with Crippen LogP contribution in [0.3, 0.4) is 0 Å². The molecule has 2 aliphatic rings. The van der Waals surface area contributed by atoms with E-state index in [-0.39, 0.29) is 23.3 Å². The van der Waals surface area contributed by atoms with Crippen LogP contribution in [0.4, 0.5) is 5.69 Å². The lowest BCUT2D eigenvalue weighted by atomic mass is 9.97. The van der Waals surface area contributed by atoms with E-state index in [9.17, 15) is 13.2 Å². The summed E-state index contributed by atoms with van der Waals surface area (Å²) in [5.41, 5.74) is 0.990. The van der Waals surface area contributed by atoms with Gasteiger partial charge < -0.3 is 9.80 Å². The Bertz CT molecular complexity index is 992. The molecule has 0 aromatic heterocycles. The minimum Gasteiger partial charge on any atom is -0.367 e. The average Bonchev–Trinajstić information content (AvgIpc) is 2.80. The highest BCUT2D eigenvalue weighted by molar-refractivity contribution is 7.89. The maximum absolute atomic E-state index is 13.1. The Morgan fingerprint density at radius 3 is 2.27 bits per heavy atom. The number of hydrogen-bond acceptors (Lipinski definition) is 4. The second kappa shape index (κ2) is 8.96. The Labute approximate surface area is 183 Å². The molecule has 0 aliphatic carbocycles. The number of carbonyl (C=O) groups excluding carboxylic acids is 1. The van der Waals surface area contributed by atoms with Crippen molar-refractivity contribution in [3.8, 4) is 0 Å². The molecule has 8 heteroatoms. The lowest BCUT2D eigenvalue weighted by Crippen LogP contribution is -2.53. The summed E-state index contributed by atoms with van der Waals surface area (Å²) in [7, 11) is -3.57. The fourth-order valence-corrected chi connectivity index (χ4v) is 6.04. The van der Waals surface area contributed by atoms with E-state index in [4.69, 9.17) is 11.6 Å². The van der Waals surface area contributed by atoms with Crippen molar-refractivity contribution in [2.45, 2.75) is 17.7 Å². The number of sulfonamides is 1. The molecule has 0 radical (unpaired) electrons. The zero-order valence-corrected chi connectivity index (χ0v) is 18.4. The van der Waals surface area contributed by atoms with Gasteiger partial charge in [0.2, 0.25) is 15.9 Å². The zero-order chi connectivity index (χ0) is 21.1. The molecule has 1 amide bonds. The third kappa shape index (κ3) is 4.33. The summed E-state index contributed by atoms with van der Waals surface area (Å²) >= 11 is 6.30. The van der Waals surface area contributed by atoms with Crippen LogP contribution in [0.2, 0.25) is 5.02 Å². The number of amides is 1. The van der Waals surface area contributed by atoms with Crippen molar-refractivity contribution in [3.63, 3.8) is 0 Å². The average molecular weight is 448 g/mol. The molecule has 0 saturated carbocycles. The highest BCUT2D eigenvalue weighted by Gasteiger charge is 2.35. The molecule has 2 aliphatic heterocycles. The van der Waals surface area contributed by atoms with Gasteiger partial charge in [-0.15, -0.1) is 0 Å². The van der Waals surface area contributed by atoms with Gasteiger partial charge in [-0.25, -0.2) is 8.42 Å². The van der Waals surface area contributed by atoms with Crippen molar-refractivity contribution >= 4 is 33.2 Å². The van der Waals surface area contributed by atoms with Gasteiger partial charge in [-0.2, -0.15) is 4.31 Å². The van der Waals surface area contributed by atoms with E-state index in [0.29, 0.717) is 44.2 Å². The summed E-state index contributed by atoms with van der Waals surface area (Å²) in [5, 5.41) is 0.714. The number of halogens is 1. The van der Waals surface area contributed by atoms with E-state index in [1.54, 1.807) is 30.3 Å². The summed E-state index contributed by atoms with van der Waals surface area (Å²) in [6.45, 7) is 3.38. The van der Waals surface area contributed by atoms with E-state index < -0.39 is 10.0 Å². The van der Waals surface area contributed by atoms with Gasteiger partial charge in [0, 0.05) is 39.3 Å². The quantitative estimate of drug-likeness (QED) is 0.722. The second-order valence-electron chi connectivity index (χ2n) is 7.78. The number of nitrogens with zero attached hydrogens (tertiary/aromatic N) is 3. The van der Waals surface area contributed by atoms with Crippen LogP contribution in [0.1, 0.15) is 12.8 Å². The van der Waals surface area contributed by atoms with Crippen molar-refractivity contribution in [1.29, 1.82) is 0 Å². The maximum atomic E-state index is 13.1. The highest BCUT2D eigenvalue weighted by Crippen LogP contribution is 2.28. The molecule has 1 atom stereocenters. The van der Waals surface area contributed by atoms with Crippen LogP contribution < -0.4 is 4.90 Å². The topological polar surface area (TPSA) is 60.9 Å². The first kappa shape index (κ1) is 21.2. The largest absolute Gasteiger partial charge is 0.367 e. The molecule has 2 saturated heterocycles. The Kier molecular flexibility index (Phi) is 6.32. The normalized spacial score (nSPS) is 20.9. The molecule has 6 nitrogen and oxygen atoms in total. The number of piperidine rings is 1. The predicted molar refractivity (Wildman–Crippen MR) is 118 cm³/mol. The van der Waals surface area contributed by atoms with Gasteiger partial charge in [-0.3, -0.25) is 4.79 Å². The highest BCUT2D eigenvalue weighted by atomic mass is 35.5. The van der Waals surface area contributed by atoms with Crippen molar-refractivity contribution in [2.75, 3.05) is 44.2 Å². The van der Waals surface area contributed by atoms with Crippen LogP contribution in [-0.2, 0) is 14.8 Å². The van der Waals surface area contributed by atoms with Crippen molar-refractivity contribution in [2.24, 2.45) is 5.92 Å². The van der Waals surface area contributed by atoms with Crippen LogP contribution in [0, 0.1) is 5.92 Å². The van der Waals surface area contributed by atoms with Gasteiger partial charge in [-0.1, -0.05) is 41.9 Å². The molecule has 4 rings (SSSR count). The number of benzene rings is 2. The number of anilines is 1. The minimum absolute atomic E-state index is 0.0572. The van der Waals surface area contributed by atoms with Crippen LogP contribution >= 0.6 is 11.6 Å². The zero-order valence-electron chi connectivity index (χ0n) is 16.8. The van der Waals surface area contributed by atoms with Gasteiger partial charge in [0.25, 0.3) is 0 Å². The molecular formula is C22H26ClN3O3S. The summed E-state index contributed by atoms with van der Waals surface area (Å²) in [5.74, 6) is -0.231. The number of piperazine rings is 1.